The standard InChI is InChI=1S/C11H7BrN4/c12-9-3-1-2-8(4-9)7-16-11(6-14)10(15)5-13/h1-4,7H,15H2/b11-10-,16-7?. The lowest BCUT2D eigenvalue weighted by Crippen LogP contribution is -1.97. The fourth-order valence-electron chi connectivity index (χ4n) is 0.938. The van der Waals surface area contributed by atoms with Gasteiger partial charge in [-0.3, -0.25) is 0 Å². The van der Waals surface area contributed by atoms with Crippen molar-refractivity contribution in [2.75, 3.05) is 0 Å². The van der Waals surface area contributed by atoms with Crippen molar-refractivity contribution in [3.8, 4) is 12.1 Å². The van der Waals surface area contributed by atoms with E-state index in [9.17, 15) is 0 Å². The monoisotopic (exact) mass is 274 g/mol. The van der Waals surface area contributed by atoms with Crippen LogP contribution in [0, 0.1) is 22.7 Å². The quantitative estimate of drug-likeness (QED) is 0.662. The number of allylic oxidation sites excluding steroid dienone is 2. The Labute approximate surface area is 101 Å². The van der Waals surface area contributed by atoms with Crippen molar-refractivity contribution in [1.82, 2.24) is 0 Å². The van der Waals surface area contributed by atoms with Crippen molar-refractivity contribution in [3.05, 3.63) is 45.7 Å². The Hall–Kier alpha value is -2.11. The summed E-state index contributed by atoms with van der Waals surface area (Å²) in [4.78, 5) is 3.85. The van der Waals surface area contributed by atoms with Crippen molar-refractivity contribution in [2.45, 2.75) is 0 Å². The molecule has 0 unspecified atom stereocenters. The van der Waals surface area contributed by atoms with Gasteiger partial charge in [0.15, 0.2) is 5.70 Å². The van der Waals surface area contributed by atoms with Crippen LogP contribution in [0.5, 0.6) is 0 Å². The normalized spacial score (nSPS) is 11.7. The molecule has 0 saturated heterocycles. The summed E-state index contributed by atoms with van der Waals surface area (Å²) in [6, 6.07) is 10.8. The van der Waals surface area contributed by atoms with Gasteiger partial charge in [-0.05, 0) is 17.7 Å². The molecule has 1 rings (SSSR count). The number of benzene rings is 1. The lowest BCUT2D eigenvalue weighted by Gasteiger charge is -1.94. The van der Waals surface area contributed by atoms with Crippen LogP contribution < -0.4 is 5.73 Å². The number of hydrogen-bond acceptors (Lipinski definition) is 4. The second kappa shape index (κ2) is 5.69. The molecule has 0 saturated carbocycles. The van der Waals surface area contributed by atoms with Gasteiger partial charge in [-0.25, -0.2) is 4.99 Å². The van der Waals surface area contributed by atoms with E-state index in [1.165, 1.54) is 6.21 Å². The van der Waals surface area contributed by atoms with Crippen molar-refractivity contribution in [1.29, 1.82) is 10.5 Å². The van der Waals surface area contributed by atoms with Gasteiger partial charge in [0.25, 0.3) is 0 Å². The van der Waals surface area contributed by atoms with E-state index in [0.717, 1.165) is 10.0 Å². The lowest BCUT2D eigenvalue weighted by molar-refractivity contribution is 1.27. The van der Waals surface area contributed by atoms with Crippen LogP contribution in [0.15, 0.2) is 45.1 Å². The Kier molecular flexibility index (Phi) is 4.26. The fourth-order valence-corrected chi connectivity index (χ4v) is 1.35. The molecular formula is C11H7BrN4. The maximum atomic E-state index is 8.70. The van der Waals surface area contributed by atoms with E-state index < -0.39 is 0 Å². The van der Waals surface area contributed by atoms with E-state index in [4.69, 9.17) is 16.3 Å². The van der Waals surface area contributed by atoms with Crippen LogP contribution in [0.25, 0.3) is 0 Å². The van der Waals surface area contributed by atoms with Crippen molar-refractivity contribution in [3.63, 3.8) is 0 Å². The van der Waals surface area contributed by atoms with Gasteiger partial charge in [0.05, 0.1) is 0 Å². The second-order valence-electron chi connectivity index (χ2n) is 2.80. The third-order valence-electron chi connectivity index (χ3n) is 1.67. The molecular weight excluding hydrogens is 268 g/mol. The Morgan fingerprint density at radius 2 is 2.12 bits per heavy atom. The third-order valence-corrected chi connectivity index (χ3v) is 2.17. The van der Waals surface area contributed by atoms with Gasteiger partial charge in [-0.15, -0.1) is 0 Å². The molecule has 0 fully saturated rings. The number of halogens is 1. The zero-order valence-electron chi connectivity index (χ0n) is 8.18. The first-order valence-electron chi connectivity index (χ1n) is 4.27. The van der Waals surface area contributed by atoms with Gasteiger partial charge >= 0.3 is 0 Å². The molecule has 0 amide bonds. The minimum absolute atomic E-state index is 0.0810. The molecule has 0 spiro atoms. The van der Waals surface area contributed by atoms with Gasteiger partial charge in [0, 0.05) is 10.7 Å². The Bertz CT molecular complexity index is 532. The fraction of sp³-hybridized carbons (Fsp3) is 0. The first-order chi connectivity index (χ1) is 7.67. The van der Waals surface area contributed by atoms with Crippen LogP contribution in [0.4, 0.5) is 0 Å². The zero-order valence-corrected chi connectivity index (χ0v) is 9.77. The molecule has 78 valence electrons. The lowest BCUT2D eigenvalue weighted by atomic mass is 10.2. The van der Waals surface area contributed by atoms with Gasteiger partial charge < -0.3 is 5.73 Å². The third kappa shape index (κ3) is 3.23. The highest BCUT2D eigenvalue weighted by Crippen LogP contribution is 2.10. The molecule has 0 aliphatic heterocycles. The summed E-state index contributed by atoms with van der Waals surface area (Å²) in [5, 5.41) is 17.2. The Morgan fingerprint density at radius 3 is 2.69 bits per heavy atom. The molecule has 1 aromatic carbocycles. The Morgan fingerprint density at radius 1 is 1.38 bits per heavy atom. The summed E-state index contributed by atoms with van der Waals surface area (Å²) in [5.41, 5.74) is 5.84. The maximum Gasteiger partial charge on any atom is 0.174 e. The van der Waals surface area contributed by atoms with Crippen LogP contribution >= 0.6 is 15.9 Å². The molecule has 4 nitrogen and oxygen atoms in total. The van der Waals surface area contributed by atoms with Gasteiger partial charge in [-0.2, -0.15) is 10.5 Å². The molecule has 16 heavy (non-hydrogen) atoms. The molecule has 0 aromatic heterocycles. The van der Waals surface area contributed by atoms with E-state index in [-0.39, 0.29) is 11.4 Å². The van der Waals surface area contributed by atoms with E-state index in [2.05, 4.69) is 20.9 Å². The van der Waals surface area contributed by atoms with Crippen LogP contribution in [-0.2, 0) is 0 Å². The molecule has 0 bridgehead atoms. The minimum atomic E-state index is -0.186. The van der Waals surface area contributed by atoms with Crippen LogP contribution in [-0.4, -0.2) is 6.21 Å². The minimum Gasteiger partial charge on any atom is -0.388 e. The van der Waals surface area contributed by atoms with E-state index in [1.807, 2.05) is 24.3 Å². The molecule has 0 heterocycles. The largest absolute Gasteiger partial charge is 0.388 e. The summed E-state index contributed by atoms with van der Waals surface area (Å²) in [7, 11) is 0. The highest BCUT2D eigenvalue weighted by molar-refractivity contribution is 9.10. The molecule has 0 atom stereocenters. The molecule has 0 radical (unpaired) electrons. The van der Waals surface area contributed by atoms with Crippen LogP contribution in [0.2, 0.25) is 0 Å². The smallest absolute Gasteiger partial charge is 0.174 e. The predicted octanol–water partition coefficient (Wildman–Crippen LogP) is 2.09. The summed E-state index contributed by atoms with van der Waals surface area (Å²) in [6.07, 6.45) is 1.48. The first-order valence-corrected chi connectivity index (χ1v) is 5.06. The second-order valence-corrected chi connectivity index (χ2v) is 3.71. The molecule has 1 aromatic rings. The topological polar surface area (TPSA) is 86.0 Å². The van der Waals surface area contributed by atoms with Gasteiger partial charge in [0.1, 0.15) is 17.8 Å². The van der Waals surface area contributed by atoms with Crippen LogP contribution in [0.3, 0.4) is 0 Å². The van der Waals surface area contributed by atoms with Crippen molar-refractivity contribution < 1.29 is 0 Å². The maximum absolute atomic E-state index is 8.70. The number of nitrogens with zero attached hydrogens (tertiary/aromatic N) is 3. The van der Waals surface area contributed by atoms with Crippen molar-refractivity contribution in [2.24, 2.45) is 10.7 Å². The average molecular weight is 275 g/mol. The summed E-state index contributed by atoms with van der Waals surface area (Å²) < 4.78 is 0.909. The van der Waals surface area contributed by atoms with E-state index >= 15 is 0 Å². The van der Waals surface area contributed by atoms with Gasteiger partial charge in [0.2, 0.25) is 0 Å². The average Bonchev–Trinajstić information content (AvgIpc) is 2.29. The SMILES string of the molecule is N#C/C(N)=C(\C#N)N=Cc1cccc(Br)c1. The number of nitriles is 2. The highest BCUT2D eigenvalue weighted by atomic mass is 79.9. The Balaban J connectivity index is 2.99. The molecule has 0 aliphatic carbocycles. The first kappa shape index (κ1) is 12.0. The number of nitrogens with two attached hydrogens (primary N) is 1. The highest BCUT2D eigenvalue weighted by Gasteiger charge is 1.98. The number of aliphatic imine (C=N–C) groups is 1. The predicted molar refractivity (Wildman–Crippen MR) is 64.2 cm³/mol. The molecule has 5 heteroatoms. The molecule has 2 N–H and O–H groups in total. The van der Waals surface area contributed by atoms with Crippen molar-refractivity contribution >= 4 is 22.1 Å². The number of rotatable bonds is 2. The summed E-state index contributed by atoms with van der Waals surface area (Å²) in [6.45, 7) is 0. The van der Waals surface area contributed by atoms with Gasteiger partial charge in [-0.1, -0.05) is 28.1 Å². The summed E-state index contributed by atoms with van der Waals surface area (Å²) >= 11 is 3.31. The zero-order chi connectivity index (χ0) is 12.0. The van der Waals surface area contributed by atoms with Crippen LogP contribution in [0.1, 0.15) is 5.56 Å². The summed E-state index contributed by atoms with van der Waals surface area (Å²) in [5.74, 6) is 0. The van der Waals surface area contributed by atoms with E-state index in [1.54, 1.807) is 12.1 Å². The van der Waals surface area contributed by atoms with E-state index in [0.29, 0.717) is 0 Å². The number of hydrogen-bond donors (Lipinski definition) is 1. The molecule has 0 aliphatic rings.